The van der Waals surface area contributed by atoms with Gasteiger partial charge in [0.15, 0.2) is 0 Å². The molecular formula is C17H19N5O2. The number of nitrogens with zero attached hydrogens (tertiary/aromatic N) is 4. The Kier molecular flexibility index (Phi) is 4.08. The Bertz CT molecular complexity index is 697. The number of hydrogen-bond donors (Lipinski definition) is 1. The molecular weight excluding hydrogens is 306 g/mol. The van der Waals surface area contributed by atoms with Gasteiger partial charge in [0.25, 0.3) is 5.91 Å². The van der Waals surface area contributed by atoms with E-state index in [9.17, 15) is 4.79 Å². The van der Waals surface area contributed by atoms with Crippen LogP contribution in [0.4, 0.5) is 11.6 Å². The number of ether oxygens (including phenoxy) is 1. The Balaban J connectivity index is 1.38. The van der Waals surface area contributed by atoms with Gasteiger partial charge in [0.2, 0.25) is 5.95 Å². The van der Waals surface area contributed by atoms with Crippen LogP contribution in [0, 0.1) is 5.92 Å². The quantitative estimate of drug-likeness (QED) is 0.921. The van der Waals surface area contributed by atoms with Gasteiger partial charge in [0.1, 0.15) is 6.10 Å². The first kappa shape index (κ1) is 15.0. The van der Waals surface area contributed by atoms with Gasteiger partial charge >= 0.3 is 0 Å². The van der Waals surface area contributed by atoms with Crippen molar-refractivity contribution in [2.75, 3.05) is 23.3 Å². The predicted molar refractivity (Wildman–Crippen MR) is 88.5 cm³/mol. The minimum Gasteiger partial charge on any atom is -0.363 e. The molecule has 2 aromatic rings. The summed E-state index contributed by atoms with van der Waals surface area (Å²) in [5.41, 5.74) is 0.695. The third-order valence-corrected chi connectivity index (χ3v) is 4.61. The molecule has 24 heavy (non-hydrogen) atoms. The van der Waals surface area contributed by atoms with E-state index in [0.29, 0.717) is 11.6 Å². The Labute approximate surface area is 140 Å². The lowest BCUT2D eigenvalue weighted by Gasteiger charge is -2.33. The summed E-state index contributed by atoms with van der Waals surface area (Å²) in [7, 11) is 0. The maximum Gasteiger partial charge on any atom is 0.253 e. The van der Waals surface area contributed by atoms with E-state index < -0.39 is 6.10 Å². The van der Waals surface area contributed by atoms with E-state index in [0.717, 1.165) is 31.9 Å². The van der Waals surface area contributed by atoms with Gasteiger partial charge in [0.05, 0.1) is 18.0 Å². The second kappa shape index (κ2) is 6.52. The summed E-state index contributed by atoms with van der Waals surface area (Å²) < 4.78 is 6.02. The van der Waals surface area contributed by atoms with Crippen molar-refractivity contribution in [3.63, 3.8) is 0 Å². The second-order valence-corrected chi connectivity index (χ2v) is 6.17. The fourth-order valence-electron chi connectivity index (χ4n) is 3.39. The first-order chi connectivity index (χ1) is 11.8. The lowest BCUT2D eigenvalue weighted by Crippen LogP contribution is -2.43. The molecule has 3 atom stereocenters. The Morgan fingerprint density at radius 2 is 2.12 bits per heavy atom. The summed E-state index contributed by atoms with van der Waals surface area (Å²) in [4.78, 5) is 27.1. The fourth-order valence-corrected chi connectivity index (χ4v) is 3.39. The molecule has 0 saturated carbocycles. The number of anilines is 2. The van der Waals surface area contributed by atoms with Gasteiger partial charge in [-0.1, -0.05) is 0 Å². The number of fused-ring (bicyclic) bond motifs is 1. The van der Waals surface area contributed by atoms with Crippen LogP contribution < -0.4 is 10.2 Å². The molecule has 4 heterocycles. The number of carbonyl (C=O) groups is 1. The minimum atomic E-state index is -0.406. The van der Waals surface area contributed by atoms with Crippen LogP contribution in [0.15, 0.2) is 43.0 Å². The van der Waals surface area contributed by atoms with Crippen LogP contribution in [0.2, 0.25) is 0 Å². The minimum absolute atomic E-state index is 0.0483. The highest BCUT2D eigenvalue weighted by molar-refractivity contribution is 5.94. The van der Waals surface area contributed by atoms with E-state index >= 15 is 0 Å². The number of nitrogens with one attached hydrogen (secondary N) is 1. The molecule has 2 aromatic heterocycles. The highest BCUT2D eigenvalue weighted by Gasteiger charge is 2.42. The molecule has 7 heteroatoms. The van der Waals surface area contributed by atoms with Gasteiger partial charge < -0.3 is 15.0 Å². The fraction of sp³-hybridized carbons (Fsp3) is 0.412. The van der Waals surface area contributed by atoms with Crippen molar-refractivity contribution in [3.05, 3.63) is 43.0 Å². The Morgan fingerprint density at radius 1 is 1.25 bits per heavy atom. The van der Waals surface area contributed by atoms with Crippen molar-refractivity contribution >= 4 is 17.5 Å². The van der Waals surface area contributed by atoms with Crippen molar-refractivity contribution in [1.82, 2.24) is 15.0 Å². The second-order valence-electron chi connectivity index (χ2n) is 6.17. The predicted octanol–water partition coefficient (Wildman–Crippen LogP) is 1.49. The smallest absolute Gasteiger partial charge is 0.253 e. The molecule has 2 aliphatic rings. The van der Waals surface area contributed by atoms with Crippen molar-refractivity contribution in [2.45, 2.75) is 25.0 Å². The highest BCUT2D eigenvalue weighted by atomic mass is 16.5. The third kappa shape index (κ3) is 3.07. The molecule has 0 radical (unpaired) electrons. The molecule has 0 aromatic carbocycles. The maximum atomic E-state index is 12.4. The number of carbonyl (C=O) groups excluding carboxylic acids is 1. The molecule has 0 unspecified atom stereocenters. The molecule has 1 N–H and O–H groups in total. The summed E-state index contributed by atoms with van der Waals surface area (Å²) in [5, 5.41) is 2.87. The molecule has 2 saturated heterocycles. The van der Waals surface area contributed by atoms with E-state index in [4.69, 9.17) is 4.74 Å². The van der Waals surface area contributed by atoms with Gasteiger partial charge in [-0.15, -0.1) is 0 Å². The average Bonchev–Trinajstić information content (AvgIpc) is 3.07. The van der Waals surface area contributed by atoms with Crippen LogP contribution in [-0.4, -0.2) is 46.2 Å². The van der Waals surface area contributed by atoms with Crippen LogP contribution >= 0.6 is 0 Å². The summed E-state index contributed by atoms with van der Waals surface area (Å²) >= 11 is 0. The Morgan fingerprint density at radius 3 is 2.92 bits per heavy atom. The third-order valence-electron chi connectivity index (χ3n) is 4.61. The molecule has 1 amide bonds. The van der Waals surface area contributed by atoms with E-state index in [2.05, 4.69) is 25.2 Å². The number of piperidine rings is 1. The van der Waals surface area contributed by atoms with E-state index in [1.807, 2.05) is 6.07 Å². The zero-order chi connectivity index (χ0) is 16.4. The molecule has 4 rings (SSSR count). The Hall–Kier alpha value is -2.54. The van der Waals surface area contributed by atoms with E-state index in [1.165, 1.54) is 0 Å². The summed E-state index contributed by atoms with van der Waals surface area (Å²) in [5.74, 6) is 1.04. The van der Waals surface area contributed by atoms with Crippen molar-refractivity contribution < 1.29 is 9.53 Å². The molecule has 7 nitrogen and oxygen atoms in total. The molecule has 2 aliphatic heterocycles. The first-order valence-electron chi connectivity index (χ1n) is 8.18. The molecule has 2 fully saturated rings. The summed E-state index contributed by atoms with van der Waals surface area (Å²) in [6.45, 7) is 1.62. The number of rotatable bonds is 3. The summed E-state index contributed by atoms with van der Waals surface area (Å²) in [6, 6.07) is 5.42. The van der Waals surface area contributed by atoms with Gasteiger partial charge in [0, 0.05) is 31.7 Å². The van der Waals surface area contributed by atoms with Gasteiger partial charge in [-0.2, -0.15) is 0 Å². The number of amides is 1. The number of aromatic nitrogens is 3. The number of hydrogen-bond acceptors (Lipinski definition) is 6. The van der Waals surface area contributed by atoms with Crippen molar-refractivity contribution in [1.29, 1.82) is 0 Å². The van der Waals surface area contributed by atoms with Gasteiger partial charge in [-0.25, -0.2) is 9.97 Å². The molecule has 0 bridgehead atoms. The molecule has 0 spiro atoms. The zero-order valence-corrected chi connectivity index (χ0v) is 13.2. The normalized spacial score (nSPS) is 26.0. The van der Waals surface area contributed by atoms with Crippen LogP contribution in [0.25, 0.3) is 0 Å². The lowest BCUT2D eigenvalue weighted by atomic mass is 9.92. The maximum absolute atomic E-state index is 12.4. The van der Waals surface area contributed by atoms with Crippen LogP contribution in [0.5, 0.6) is 0 Å². The first-order valence-corrected chi connectivity index (χ1v) is 8.18. The highest BCUT2D eigenvalue weighted by Crippen LogP contribution is 2.34. The van der Waals surface area contributed by atoms with Gasteiger partial charge in [-0.3, -0.25) is 9.78 Å². The van der Waals surface area contributed by atoms with Crippen LogP contribution in [0.1, 0.15) is 12.8 Å². The van der Waals surface area contributed by atoms with E-state index in [-0.39, 0.29) is 12.0 Å². The summed E-state index contributed by atoms with van der Waals surface area (Å²) in [6.07, 6.45) is 8.19. The van der Waals surface area contributed by atoms with Crippen LogP contribution in [-0.2, 0) is 9.53 Å². The SMILES string of the molecule is O=C(Nc1cccnc1)[C@@H]1C[C@@H]2CCN(c3ncccn3)C[C@H]2O1. The van der Waals surface area contributed by atoms with E-state index in [1.54, 1.807) is 36.9 Å². The molecule has 0 aliphatic carbocycles. The lowest BCUT2D eigenvalue weighted by molar-refractivity contribution is -0.126. The topological polar surface area (TPSA) is 80.2 Å². The monoisotopic (exact) mass is 325 g/mol. The largest absolute Gasteiger partial charge is 0.363 e. The van der Waals surface area contributed by atoms with Gasteiger partial charge in [-0.05, 0) is 37.0 Å². The van der Waals surface area contributed by atoms with Crippen molar-refractivity contribution in [2.24, 2.45) is 5.92 Å². The molecule has 124 valence electrons. The van der Waals surface area contributed by atoms with Crippen molar-refractivity contribution in [3.8, 4) is 0 Å². The average molecular weight is 325 g/mol. The zero-order valence-electron chi connectivity index (χ0n) is 13.2. The van der Waals surface area contributed by atoms with Crippen LogP contribution in [0.3, 0.4) is 0 Å². The number of pyridine rings is 1. The standard InChI is InChI=1S/C17H19N5O2/c23-16(21-13-3-1-5-18-10-13)14-9-12-4-8-22(11-15(12)24-14)17-19-6-2-7-20-17/h1-3,5-7,10,12,14-15H,4,8-9,11H2,(H,21,23)/t12-,14-,15+/m0/s1.